The lowest BCUT2D eigenvalue weighted by molar-refractivity contribution is 0.408. The summed E-state index contributed by atoms with van der Waals surface area (Å²) in [6.07, 6.45) is 4.65. The Bertz CT molecular complexity index is 463. The molecule has 0 spiro atoms. The largest absolute Gasteiger partial charge is 0.309 e. The first-order valence-electron chi connectivity index (χ1n) is 4.80. The molecular weight excluding hydrogens is 256 g/mol. The summed E-state index contributed by atoms with van der Waals surface area (Å²) >= 11 is 3.44. The minimum atomic E-state index is 0.874. The molecule has 0 aliphatic heterocycles. The number of likely N-dealkylation sites (N-methyl/N-ethyl adjacent to an activating group) is 1. The van der Waals surface area contributed by atoms with E-state index < -0.39 is 0 Å². The van der Waals surface area contributed by atoms with Crippen molar-refractivity contribution in [3.05, 3.63) is 28.8 Å². The van der Waals surface area contributed by atoms with E-state index in [0.29, 0.717) is 0 Å². The minimum absolute atomic E-state index is 0.874. The predicted molar refractivity (Wildman–Crippen MR) is 62.9 cm³/mol. The lowest BCUT2D eigenvalue weighted by Crippen LogP contribution is -2.16. The fourth-order valence-electron chi connectivity index (χ4n) is 1.34. The number of nitrogens with zero attached hydrogens (tertiary/aromatic N) is 4. The van der Waals surface area contributed by atoms with Crippen molar-refractivity contribution in [3.63, 3.8) is 0 Å². The molecule has 0 aliphatic rings. The van der Waals surface area contributed by atoms with Gasteiger partial charge in [0.2, 0.25) is 0 Å². The summed E-state index contributed by atoms with van der Waals surface area (Å²) < 4.78 is 2.88. The Hall–Kier alpha value is -0.940. The summed E-state index contributed by atoms with van der Waals surface area (Å²) in [5.74, 6) is 0.874. The monoisotopic (exact) mass is 268 g/mol. The van der Waals surface area contributed by atoms with E-state index in [4.69, 9.17) is 0 Å². The lowest BCUT2D eigenvalue weighted by Gasteiger charge is -2.07. The molecule has 0 atom stereocenters. The Morgan fingerprint density at radius 3 is 3.00 bits per heavy atom. The van der Waals surface area contributed by atoms with Gasteiger partial charge in [-0.25, -0.2) is 9.50 Å². The van der Waals surface area contributed by atoms with Crippen molar-refractivity contribution in [2.45, 2.75) is 6.42 Å². The number of halogens is 1. The van der Waals surface area contributed by atoms with Gasteiger partial charge in [-0.1, -0.05) is 0 Å². The quantitative estimate of drug-likeness (QED) is 0.848. The van der Waals surface area contributed by atoms with Crippen molar-refractivity contribution < 1.29 is 0 Å². The molecule has 0 saturated carbocycles. The van der Waals surface area contributed by atoms with E-state index in [2.05, 4.69) is 30.9 Å². The van der Waals surface area contributed by atoms with Crippen LogP contribution < -0.4 is 0 Å². The van der Waals surface area contributed by atoms with Gasteiger partial charge in [0.25, 0.3) is 0 Å². The summed E-state index contributed by atoms with van der Waals surface area (Å²) in [5, 5.41) is 4.42. The van der Waals surface area contributed by atoms with Gasteiger partial charge in [-0.2, -0.15) is 5.10 Å². The maximum atomic E-state index is 4.42. The van der Waals surface area contributed by atoms with Crippen LogP contribution in [0.15, 0.2) is 22.9 Å². The first kappa shape index (κ1) is 10.6. The predicted octanol–water partition coefficient (Wildman–Crippen LogP) is 1.60. The first-order chi connectivity index (χ1) is 7.16. The molecule has 2 aromatic rings. The second-order valence-corrected chi connectivity index (χ2v) is 4.58. The molecule has 0 radical (unpaired) electrons. The third-order valence-corrected chi connectivity index (χ3v) is 2.87. The Kier molecular flexibility index (Phi) is 3.02. The van der Waals surface area contributed by atoms with Crippen molar-refractivity contribution in [1.82, 2.24) is 19.5 Å². The first-order valence-corrected chi connectivity index (χ1v) is 5.59. The van der Waals surface area contributed by atoms with E-state index >= 15 is 0 Å². The summed E-state index contributed by atoms with van der Waals surface area (Å²) in [6, 6.07) is 1.97. The third kappa shape index (κ3) is 2.35. The number of rotatable bonds is 3. The number of hydrogen-bond acceptors (Lipinski definition) is 3. The number of hydrogen-bond donors (Lipinski definition) is 0. The Labute approximate surface area is 97.0 Å². The van der Waals surface area contributed by atoms with Crippen molar-refractivity contribution in [2.24, 2.45) is 0 Å². The van der Waals surface area contributed by atoms with Crippen LogP contribution in [0.2, 0.25) is 0 Å². The molecule has 4 nitrogen and oxygen atoms in total. The summed E-state index contributed by atoms with van der Waals surface area (Å²) in [4.78, 5) is 6.45. The van der Waals surface area contributed by atoms with Gasteiger partial charge in [-0.15, -0.1) is 0 Å². The van der Waals surface area contributed by atoms with E-state index in [1.54, 1.807) is 0 Å². The van der Waals surface area contributed by atoms with Crippen LogP contribution in [0.3, 0.4) is 0 Å². The highest BCUT2D eigenvalue weighted by molar-refractivity contribution is 9.10. The molecule has 2 heterocycles. The molecule has 0 fully saturated rings. The second kappa shape index (κ2) is 4.28. The molecule has 0 N–H and O–H groups in total. The Morgan fingerprint density at radius 2 is 2.27 bits per heavy atom. The molecular formula is C10H13BrN4. The van der Waals surface area contributed by atoms with Crippen molar-refractivity contribution in [2.75, 3.05) is 20.6 Å². The highest BCUT2D eigenvalue weighted by Gasteiger charge is 2.03. The topological polar surface area (TPSA) is 33.4 Å². The highest BCUT2D eigenvalue weighted by Crippen LogP contribution is 2.16. The average molecular weight is 269 g/mol. The van der Waals surface area contributed by atoms with Crippen LogP contribution in [0.25, 0.3) is 5.52 Å². The SMILES string of the molecule is CN(C)CCc1ncc2c(Br)ccn2n1. The van der Waals surface area contributed by atoms with Gasteiger partial charge in [-0.05, 0) is 36.1 Å². The van der Waals surface area contributed by atoms with Gasteiger partial charge in [-0.3, -0.25) is 0 Å². The zero-order valence-electron chi connectivity index (χ0n) is 8.81. The molecule has 0 bridgehead atoms. The van der Waals surface area contributed by atoms with E-state index in [0.717, 1.165) is 28.8 Å². The van der Waals surface area contributed by atoms with Crippen molar-refractivity contribution in [3.8, 4) is 0 Å². The van der Waals surface area contributed by atoms with Gasteiger partial charge in [0, 0.05) is 23.6 Å². The molecule has 0 aromatic carbocycles. The van der Waals surface area contributed by atoms with Crippen molar-refractivity contribution in [1.29, 1.82) is 0 Å². The summed E-state index contributed by atoms with van der Waals surface area (Å²) in [6.45, 7) is 0.966. The molecule has 0 unspecified atom stereocenters. The highest BCUT2D eigenvalue weighted by atomic mass is 79.9. The van der Waals surface area contributed by atoms with Crippen LogP contribution in [-0.4, -0.2) is 40.1 Å². The number of fused-ring (bicyclic) bond motifs is 1. The normalized spacial score (nSPS) is 11.5. The molecule has 0 aliphatic carbocycles. The third-order valence-electron chi connectivity index (χ3n) is 2.20. The molecule has 15 heavy (non-hydrogen) atoms. The average Bonchev–Trinajstić information content (AvgIpc) is 2.57. The van der Waals surface area contributed by atoms with Gasteiger partial charge in [0.05, 0.1) is 11.7 Å². The maximum Gasteiger partial charge on any atom is 0.150 e. The Balaban J connectivity index is 2.23. The molecule has 0 amide bonds. The minimum Gasteiger partial charge on any atom is -0.309 e. The molecule has 5 heteroatoms. The smallest absolute Gasteiger partial charge is 0.150 e. The van der Waals surface area contributed by atoms with Crippen LogP contribution in [0, 0.1) is 0 Å². The standard InChI is InChI=1S/C10H13BrN4/c1-14(2)5-4-10-12-7-9-8(11)3-6-15(9)13-10/h3,6-7H,4-5H2,1-2H3. The van der Waals surface area contributed by atoms with Crippen LogP contribution in [0.4, 0.5) is 0 Å². The van der Waals surface area contributed by atoms with Gasteiger partial charge in [0.15, 0.2) is 0 Å². The van der Waals surface area contributed by atoms with Crippen molar-refractivity contribution >= 4 is 21.4 Å². The Morgan fingerprint density at radius 1 is 1.47 bits per heavy atom. The zero-order chi connectivity index (χ0) is 10.8. The fraction of sp³-hybridized carbons (Fsp3) is 0.400. The van der Waals surface area contributed by atoms with Crippen LogP contribution in [0.1, 0.15) is 5.82 Å². The molecule has 0 saturated heterocycles. The molecule has 2 aromatic heterocycles. The maximum absolute atomic E-state index is 4.42. The fourth-order valence-corrected chi connectivity index (χ4v) is 1.75. The van der Waals surface area contributed by atoms with Gasteiger partial charge in [0.1, 0.15) is 5.82 Å². The summed E-state index contributed by atoms with van der Waals surface area (Å²) in [7, 11) is 4.09. The molecule has 80 valence electrons. The number of aromatic nitrogens is 3. The van der Waals surface area contributed by atoms with E-state index in [-0.39, 0.29) is 0 Å². The lowest BCUT2D eigenvalue weighted by atomic mass is 10.4. The summed E-state index contributed by atoms with van der Waals surface area (Å²) in [5.41, 5.74) is 1.00. The van der Waals surface area contributed by atoms with E-state index in [1.165, 1.54) is 0 Å². The van der Waals surface area contributed by atoms with Gasteiger partial charge >= 0.3 is 0 Å². The van der Waals surface area contributed by atoms with Gasteiger partial charge < -0.3 is 4.90 Å². The zero-order valence-corrected chi connectivity index (χ0v) is 10.4. The van der Waals surface area contributed by atoms with Crippen LogP contribution in [0.5, 0.6) is 0 Å². The van der Waals surface area contributed by atoms with E-state index in [9.17, 15) is 0 Å². The van der Waals surface area contributed by atoms with E-state index in [1.807, 2.05) is 37.1 Å². The van der Waals surface area contributed by atoms with Crippen LogP contribution >= 0.6 is 15.9 Å². The van der Waals surface area contributed by atoms with Crippen LogP contribution in [-0.2, 0) is 6.42 Å². The molecule has 2 rings (SSSR count). The second-order valence-electron chi connectivity index (χ2n) is 3.72.